The highest BCUT2D eigenvalue weighted by atomic mass is 19.2. The molecular weight excluding hydrogens is 606 g/mol. The number of pyridine rings is 2. The second-order valence-electron chi connectivity index (χ2n) is 13.4. The lowest BCUT2D eigenvalue weighted by Crippen LogP contribution is -2.40. The molecule has 0 radical (unpaired) electrons. The quantitative estimate of drug-likeness (QED) is 0.238. The van der Waals surface area contributed by atoms with Crippen molar-refractivity contribution in [3.8, 4) is 0 Å². The fraction of sp³-hybridized carbons (Fsp3) is 0.457. The number of nitrogens with zero attached hydrogens (tertiary/aromatic N) is 4. The molecule has 1 saturated heterocycles. The van der Waals surface area contributed by atoms with Gasteiger partial charge in [0.15, 0.2) is 17.3 Å². The fourth-order valence-electron chi connectivity index (χ4n) is 7.12. The molecule has 248 valence electrons. The van der Waals surface area contributed by atoms with Gasteiger partial charge >= 0.3 is 11.8 Å². The number of fused-ring (bicyclic) bond motifs is 2. The number of aromatic amines is 1. The van der Waals surface area contributed by atoms with Crippen LogP contribution in [0.4, 0.5) is 13.6 Å². The van der Waals surface area contributed by atoms with Crippen LogP contribution in [0.1, 0.15) is 100 Å². The number of carbonyl (C=O) groups excluding carboxylic acids is 2. The van der Waals surface area contributed by atoms with Gasteiger partial charge in [0.1, 0.15) is 5.60 Å². The first-order chi connectivity index (χ1) is 22.5. The molecule has 4 heterocycles. The minimum atomic E-state index is -0.952. The SMILES string of the molecule is CC(C)(C)OC(=O)NC1c2cccnc2C(CCC(=O)N2CCC(n3c(=O)[nH]c4ncccc43)CC2)CCC1c1cccc(F)c1F. The van der Waals surface area contributed by atoms with Gasteiger partial charge in [-0.3, -0.25) is 19.3 Å². The first-order valence-electron chi connectivity index (χ1n) is 16.2. The van der Waals surface area contributed by atoms with E-state index in [2.05, 4.69) is 15.3 Å². The minimum absolute atomic E-state index is 0.0225. The third kappa shape index (κ3) is 6.91. The number of rotatable bonds is 6. The summed E-state index contributed by atoms with van der Waals surface area (Å²) >= 11 is 0. The number of ether oxygens (including phenoxy) is 1. The summed E-state index contributed by atoms with van der Waals surface area (Å²) in [5.41, 5.74) is 1.96. The summed E-state index contributed by atoms with van der Waals surface area (Å²) in [7, 11) is 0. The molecule has 1 fully saturated rings. The molecule has 47 heavy (non-hydrogen) atoms. The maximum atomic E-state index is 15.2. The van der Waals surface area contributed by atoms with E-state index in [9.17, 15) is 18.8 Å². The van der Waals surface area contributed by atoms with Crippen molar-refractivity contribution in [1.29, 1.82) is 0 Å². The van der Waals surface area contributed by atoms with Gasteiger partial charge in [-0.25, -0.2) is 23.4 Å². The Morgan fingerprint density at radius 1 is 0.979 bits per heavy atom. The first kappa shape index (κ1) is 32.3. The normalized spacial score (nSPS) is 20.4. The summed E-state index contributed by atoms with van der Waals surface area (Å²) in [6.07, 6.45) is 5.74. The third-order valence-corrected chi connectivity index (χ3v) is 9.25. The van der Waals surface area contributed by atoms with E-state index in [-0.39, 0.29) is 35.5 Å². The average molecular weight is 647 g/mol. The number of hydrogen-bond acceptors (Lipinski definition) is 6. The molecule has 2 N–H and O–H groups in total. The molecule has 0 bridgehead atoms. The van der Waals surface area contributed by atoms with Gasteiger partial charge in [0.05, 0.1) is 11.6 Å². The van der Waals surface area contributed by atoms with Crippen molar-refractivity contribution < 1.29 is 23.1 Å². The molecule has 2 aliphatic rings. The molecule has 0 spiro atoms. The Kier molecular flexibility index (Phi) is 9.11. The van der Waals surface area contributed by atoms with E-state index in [4.69, 9.17) is 9.72 Å². The lowest BCUT2D eigenvalue weighted by atomic mass is 9.85. The largest absolute Gasteiger partial charge is 0.444 e. The molecule has 4 aromatic rings. The van der Waals surface area contributed by atoms with Gasteiger partial charge in [-0.1, -0.05) is 18.2 Å². The number of amides is 2. The Labute approximate surface area is 271 Å². The molecule has 1 aromatic carbocycles. The van der Waals surface area contributed by atoms with Crippen molar-refractivity contribution in [1.82, 2.24) is 29.7 Å². The Bertz CT molecular complexity index is 1820. The van der Waals surface area contributed by atoms with Crippen LogP contribution in [0.3, 0.4) is 0 Å². The van der Waals surface area contributed by atoms with E-state index in [0.29, 0.717) is 56.4 Å². The highest BCUT2D eigenvalue weighted by Crippen LogP contribution is 2.45. The molecule has 3 unspecified atom stereocenters. The smallest absolute Gasteiger partial charge is 0.408 e. The maximum absolute atomic E-state index is 15.2. The van der Waals surface area contributed by atoms with Crippen LogP contribution in [0.5, 0.6) is 0 Å². The molecule has 0 saturated carbocycles. The van der Waals surface area contributed by atoms with E-state index in [1.807, 2.05) is 17.0 Å². The van der Waals surface area contributed by atoms with Crippen LogP contribution in [0.2, 0.25) is 0 Å². The number of imidazole rings is 1. The van der Waals surface area contributed by atoms with Gasteiger partial charge in [0, 0.05) is 55.5 Å². The van der Waals surface area contributed by atoms with Crippen molar-refractivity contribution >= 4 is 23.2 Å². The van der Waals surface area contributed by atoms with E-state index < -0.39 is 35.3 Å². The van der Waals surface area contributed by atoms with Crippen LogP contribution >= 0.6 is 0 Å². The van der Waals surface area contributed by atoms with Crippen molar-refractivity contribution in [2.75, 3.05) is 13.1 Å². The fourth-order valence-corrected chi connectivity index (χ4v) is 7.12. The van der Waals surface area contributed by atoms with Crippen molar-refractivity contribution in [3.63, 3.8) is 0 Å². The number of alkyl carbamates (subject to hydrolysis) is 1. The Hall–Kier alpha value is -4.61. The van der Waals surface area contributed by atoms with Crippen LogP contribution in [0, 0.1) is 11.6 Å². The van der Waals surface area contributed by atoms with Gasteiger partial charge in [-0.15, -0.1) is 0 Å². The molecule has 10 nitrogen and oxygen atoms in total. The summed E-state index contributed by atoms with van der Waals surface area (Å²) in [5, 5.41) is 2.94. The summed E-state index contributed by atoms with van der Waals surface area (Å²) in [4.78, 5) is 52.8. The van der Waals surface area contributed by atoms with Crippen LogP contribution in [0.25, 0.3) is 11.2 Å². The van der Waals surface area contributed by atoms with Gasteiger partial charge in [-0.05, 0) is 88.3 Å². The second-order valence-corrected chi connectivity index (χ2v) is 13.4. The molecule has 3 atom stereocenters. The van der Waals surface area contributed by atoms with Crippen molar-refractivity contribution in [3.05, 3.63) is 93.8 Å². The van der Waals surface area contributed by atoms with E-state index in [1.54, 1.807) is 55.9 Å². The molecule has 12 heteroatoms. The Balaban J connectivity index is 1.18. The summed E-state index contributed by atoms with van der Waals surface area (Å²) in [5.74, 6) is -2.61. The van der Waals surface area contributed by atoms with E-state index in [0.717, 1.165) is 17.3 Å². The van der Waals surface area contributed by atoms with Crippen LogP contribution < -0.4 is 11.0 Å². The molecule has 1 aliphatic carbocycles. The number of nitrogens with one attached hydrogen (secondary N) is 2. The zero-order chi connectivity index (χ0) is 33.3. The van der Waals surface area contributed by atoms with E-state index in [1.165, 1.54) is 6.07 Å². The van der Waals surface area contributed by atoms with Gasteiger partial charge < -0.3 is 15.0 Å². The van der Waals surface area contributed by atoms with Crippen molar-refractivity contribution in [2.45, 2.75) is 88.8 Å². The lowest BCUT2D eigenvalue weighted by molar-refractivity contribution is -0.132. The molecular formula is C35H40F2N6O4. The average Bonchev–Trinajstić information content (AvgIpc) is 3.30. The minimum Gasteiger partial charge on any atom is -0.444 e. The van der Waals surface area contributed by atoms with Crippen LogP contribution in [-0.4, -0.2) is 55.1 Å². The molecule has 6 rings (SSSR count). The number of piperidine rings is 1. The molecule has 2 amide bonds. The number of H-pyrrole nitrogens is 1. The second kappa shape index (κ2) is 13.2. The van der Waals surface area contributed by atoms with Crippen LogP contribution in [-0.2, 0) is 9.53 Å². The van der Waals surface area contributed by atoms with Crippen LogP contribution in [0.15, 0.2) is 59.7 Å². The van der Waals surface area contributed by atoms with E-state index >= 15 is 4.39 Å². The number of benzene rings is 1. The highest BCUT2D eigenvalue weighted by Gasteiger charge is 2.37. The zero-order valence-corrected chi connectivity index (χ0v) is 26.8. The summed E-state index contributed by atoms with van der Waals surface area (Å²) < 4.78 is 37.0. The summed E-state index contributed by atoms with van der Waals surface area (Å²) in [6, 6.07) is 10.6. The maximum Gasteiger partial charge on any atom is 0.408 e. The summed E-state index contributed by atoms with van der Waals surface area (Å²) in [6.45, 7) is 6.34. The van der Waals surface area contributed by atoms with Gasteiger partial charge in [-0.2, -0.15) is 0 Å². The Morgan fingerprint density at radius 2 is 1.70 bits per heavy atom. The third-order valence-electron chi connectivity index (χ3n) is 9.25. The number of carbonyl (C=O) groups is 2. The predicted molar refractivity (Wildman–Crippen MR) is 172 cm³/mol. The standard InChI is InChI=1S/C35H40F2N6O4/c1-35(2,3)47-34(46)40-31-24(23-7-4-9-26(36)29(23)37)13-11-21(30-25(31)8-5-17-38-30)12-14-28(44)42-19-15-22(16-20-42)43-27-10-6-18-39-32(27)41-33(43)45/h4-10,17-18,21-22,24,31H,11-16,19-20H2,1-3H3,(H,40,46)(H,39,41,45). The topological polar surface area (TPSA) is 122 Å². The lowest BCUT2D eigenvalue weighted by Gasteiger charge is -2.33. The molecule has 3 aromatic heterocycles. The van der Waals surface area contributed by atoms with Gasteiger partial charge in [0.2, 0.25) is 5.91 Å². The Morgan fingerprint density at radius 3 is 2.47 bits per heavy atom. The monoisotopic (exact) mass is 646 g/mol. The zero-order valence-electron chi connectivity index (χ0n) is 26.8. The number of hydrogen-bond donors (Lipinski definition) is 2. The highest BCUT2D eigenvalue weighted by molar-refractivity contribution is 5.76. The van der Waals surface area contributed by atoms with Gasteiger partial charge in [0.25, 0.3) is 0 Å². The number of likely N-dealkylation sites (tertiary alicyclic amines) is 1. The molecule has 1 aliphatic heterocycles. The number of halogens is 2. The first-order valence-corrected chi connectivity index (χ1v) is 16.2. The van der Waals surface area contributed by atoms with Crippen molar-refractivity contribution in [2.24, 2.45) is 0 Å². The number of aromatic nitrogens is 4. The predicted octanol–water partition coefficient (Wildman–Crippen LogP) is 6.27.